The van der Waals surface area contributed by atoms with E-state index >= 15 is 0 Å². The molecule has 0 unspecified atom stereocenters. The van der Waals surface area contributed by atoms with E-state index in [1.165, 1.54) is 0 Å². The third-order valence-electron chi connectivity index (χ3n) is 2.90. The van der Waals surface area contributed by atoms with Gasteiger partial charge in [0.2, 0.25) is 0 Å². The van der Waals surface area contributed by atoms with Crippen LogP contribution >= 0.6 is 0 Å². The van der Waals surface area contributed by atoms with Crippen molar-refractivity contribution >= 4 is 11.6 Å². The third kappa shape index (κ3) is 4.58. The van der Waals surface area contributed by atoms with E-state index < -0.39 is 0 Å². The van der Waals surface area contributed by atoms with E-state index in [0.29, 0.717) is 23.1 Å². The Labute approximate surface area is 116 Å². The third-order valence-corrected chi connectivity index (χ3v) is 2.90. The van der Waals surface area contributed by atoms with Crippen LogP contribution in [-0.4, -0.2) is 23.9 Å². The lowest BCUT2D eigenvalue weighted by Gasteiger charge is -2.27. The number of nitrogens with two attached hydrogens (primary N) is 1. The molecule has 19 heavy (non-hydrogen) atoms. The van der Waals surface area contributed by atoms with Crippen LogP contribution < -0.4 is 5.73 Å². The Morgan fingerprint density at radius 2 is 1.68 bits per heavy atom. The van der Waals surface area contributed by atoms with Crippen LogP contribution in [0.4, 0.5) is 5.69 Å². The minimum atomic E-state index is 0.0450. The van der Waals surface area contributed by atoms with E-state index in [-0.39, 0.29) is 5.91 Å². The summed E-state index contributed by atoms with van der Waals surface area (Å²) in [5.74, 6) is 0.950. The van der Waals surface area contributed by atoms with E-state index in [4.69, 9.17) is 5.73 Å². The number of aryl methyl sites for hydroxylation is 1. The molecule has 0 aliphatic heterocycles. The maximum absolute atomic E-state index is 12.6. The molecule has 0 radical (unpaired) electrons. The van der Waals surface area contributed by atoms with Crippen molar-refractivity contribution in [2.45, 2.75) is 34.6 Å². The van der Waals surface area contributed by atoms with Crippen LogP contribution in [0.3, 0.4) is 0 Å². The average Bonchev–Trinajstić information content (AvgIpc) is 2.29. The number of carbonyl (C=O) groups excluding carboxylic acids is 1. The molecule has 0 heterocycles. The lowest BCUT2D eigenvalue weighted by molar-refractivity contribution is 0.0716. The largest absolute Gasteiger partial charge is 0.398 e. The summed E-state index contributed by atoms with van der Waals surface area (Å²) in [6, 6.07) is 5.62. The van der Waals surface area contributed by atoms with Crippen LogP contribution in [0.1, 0.15) is 43.6 Å². The van der Waals surface area contributed by atoms with E-state index in [0.717, 1.165) is 18.7 Å². The topological polar surface area (TPSA) is 46.3 Å². The van der Waals surface area contributed by atoms with Crippen molar-refractivity contribution in [2.24, 2.45) is 11.8 Å². The maximum Gasteiger partial charge on any atom is 0.255 e. The summed E-state index contributed by atoms with van der Waals surface area (Å²) in [5.41, 5.74) is 8.19. The molecule has 1 aromatic carbocycles. The van der Waals surface area contributed by atoms with Crippen molar-refractivity contribution in [3.8, 4) is 0 Å². The fourth-order valence-corrected chi connectivity index (χ4v) is 2.15. The Morgan fingerprint density at radius 1 is 1.16 bits per heavy atom. The number of carbonyl (C=O) groups is 1. The molecule has 0 spiro atoms. The van der Waals surface area contributed by atoms with Gasteiger partial charge in [0.25, 0.3) is 5.91 Å². The standard InChI is InChI=1S/C16H26N2O/c1-11(2)9-18(10-12(3)4)16(19)14-8-13(5)6-7-15(14)17/h6-8,11-12H,9-10,17H2,1-5H3. The average molecular weight is 262 g/mol. The SMILES string of the molecule is Cc1ccc(N)c(C(=O)N(CC(C)C)CC(C)C)c1. The monoisotopic (exact) mass is 262 g/mol. The molecule has 1 amide bonds. The second kappa shape index (κ2) is 6.60. The molecule has 0 aliphatic rings. The number of benzene rings is 1. The lowest BCUT2D eigenvalue weighted by atomic mass is 10.1. The first-order valence-electron chi connectivity index (χ1n) is 6.96. The van der Waals surface area contributed by atoms with E-state index in [1.54, 1.807) is 0 Å². The number of hydrogen-bond acceptors (Lipinski definition) is 2. The number of hydrogen-bond donors (Lipinski definition) is 1. The Bertz CT molecular complexity index is 428. The first kappa shape index (κ1) is 15.5. The molecule has 106 valence electrons. The van der Waals surface area contributed by atoms with Crippen LogP contribution in [0.25, 0.3) is 0 Å². The first-order valence-corrected chi connectivity index (χ1v) is 6.96. The van der Waals surface area contributed by atoms with Crippen molar-refractivity contribution in [1.82, 2.24) is 4.90 Å². The highest BCUT2D eigenvalue weighted by Gasteiger charge is 2.20. The molecule has 0 aliphatic carbocycles. The Kier molecular flexibility index (Phi) is 5.40. The predicted octanol–water partition coefficient (Wildman–Crippen LogP) is 3.33. The zero-order valence-corrected chi connectivity index (χ0v) is 12.7. The molecule has 1 rings (SSSR count). The van der Waals surface area contributed by atoms with E-state index in [1.807, 2.05) is 30.0 Å². The van der Waals surface area contributed by atoms with Gasteiger partial charge in [0.05, 0.1) is 5.56 Å². The number of anilines is 1. The highest BCUT2D eigenvalue weighted by Crippen LogP contribution is 2.18. The van der Waals surface area contributed by atoms with Gasteiger partial charge in [0.1, 0.15) is 0 Å². The van der Waals surface area contributed by atoms with Crippen LogP contribution in [0, 0.1) is 18.8 Å². The van der Waals surface area contributed by atoms with Gasteiger partial charge in [-0.05, 0) is 30.9 Å². The first-order chi connectivity index (χ1) is 8.81. The molecule has 0 bridgehead atoms. The van der Waals surface area contributed by atoms with Crippen molar-refractivity contribution in [3.63, 3.8) is 0 Å². The van der Waals surface area contributed by atoms with Gasteiger partial charge in [-0.25, -0.2) is 0 Å². The van der Waals surface area contributed by atoms with Gasteiger partial charge in [-0.1, -0.05) is 39.3 Å². The van der Waals surface area contributed by atoms with Gasteiger partial charge in [0.15, 0.2) is 0 Å². The summed E-state index contributed by atoms with van der Waals surface area (Å²) in [6.07, 6.45) is 0. The molecule has 0 aromatic heterocycles. The molecular weight excluding hydrogens is 236 g/mol. The molecule has 3 nitrogen and oxygen atoms in total. The van der Waals surface area contributed by atoms with Gasteiger partial charge in [0, 0.05) is 18.8 Å². The Morgan fingerprint density at radius 3 is 2.16 bits per heavy atom. The second-order valence-corrected chi connectivity index (χ2v) is 6.09. The number of amides is 1. The van der Waals surface area contributed by atoms with Crippen LogP contribution in [0.15, 0.2) is 18.2 Å². The minimum absolute atomic E-state index is 0.0450. The maximum atomic E-state index is 12.6. The van der Waals surface area contributed by atoms with Gasteiger partial charge in [-0.3, -0.25) is 4.79 Å². The second-order valence-electron chi connectivity index (χ2n) is 6.09. The lowest BCUT2D eigenvalue weighted by Crippen LogP contribution is -2.37. The molecule has 0 saturated carbocycles. The quantitative estimate of drug-likeness (QED) is 0.827. The number of rotatable bonds is 5. The van der Waals surface area contributed by atoms with Crippen LogP contribution in [0.5, 0.6) is 0 Å². The van der Waals surface area contributed by atoms with E-state index in [2.05, 4.69) is 27.7 Å². The number of nitrogen functional groups attached to an aromatic ring is 1. The van der Waals surface area contributed by atoms with Crippen LogP contribution in [-0.2, 0) is 0 Å². The zero-order chi connectivity index (χ0) is 14.6. The van der Waals surface area contributed by atoms with Gasteiger partial charge in [-0.2, -0.15) is 0 Å². The number of nitrogens with zero attached hydrogens (tertiary/aromatic N) is 1. The smallest absolute Gasteiger partial charge is 0.255 e. The summed E-state index contributed by atoms with van der Waals surface area (Å²) < 4.78 is 0. The fraction of sp³-hybridized carbons (Fsp3) is 0.562. The molecule has 0 fully saturated rings. The molecule has 0 atom stereocenters. The fourth-order valence-electron chi connectivity index (χ4n) is 2.15. The van der Waals surface area contributed by atoms with Crippen LogP contribution in [0.2, 0.25) is 0 Å². The molecular formula is C16H26N2O. The molecule has 3 heteroatoms. The van der Waals surface area contributed by atoms with Crippen molar-refractivity contribution in [1.29, 1.82) is 0 Å². The normalized spacial score (nSPS) is 11.1. The summed E-state index contributed by atoms with van der Waals surface area (Å²) in [7, 11) is 0. The summed E-state index contributed by atoms with van der Waals surface area (Å²) in [4.78, 5) is 14.6. The summed E-state index contributed by atoms with van der Waals surface area (Å²) in [5, 5.41) is 0. The Hall–Kier alpha value is -1.51. The van der Waals surface area contributed by atoms with Gasteiger partial charge in [-0.15, -0.1) is 0 Å². The molecule has 1 aromatic rings. The van der Waals surface area contributed by atoms with Gasteiger partial charge >= 0.3 is 0 Å². The Balaban J connectivity index is 3.00. The van der Waals surface area contributed by atoms with Crippen molar-refractivity contribution in [2.75, 3.05) is 18.8 Å². The highest BCUT2D eigenvalue weighted by molar-refractivity contribution is 5.99. The van der Waals surface area contributed by atoms with Crippen molar-refractivity contribution in [3.05, 3.63) is 29.3 Å². The van der Waals surface area contributed by atoms with Gasteiger partial charge < -0.3 is 10.6 Å². The zero-order valence-electron chi connectivity index (χ0n) is 12.7. The molecule has 2 N–H and O–H groups in total. The molecule has 0 saturated heterocycles. The minimum Gasteiger partial charge on any atom is -0.398 e. The van der Waals surface area contributed by atoms with Crippen molar-refractivity contribution < 1.29 is 4.79 Å². The summed E-state index contributed by atoms with van der Waals surface area (Å²) >= 11 is 0. The summed E-state index contributed by atoms with van der Waals surface area (Å²) in [6.45, 7) is 12.0. The van der Waals surface area contributed by atoms with E-state index in [9.17, 15) is 4.79 Å². The predicted molar refractivity (Wildman–Crippen MR) is 81.2 cm³/mol. The highest BCUT2D eigenvalue weighted by atomic mass is 16.2.